The number of carbonyl (C=O) groups excluding carboxylic acids is 1. The first-order chi connectivity index (χ1) is 17.5. The minimum absolute atomic E-state index is 0.0100. The zero-order valence-corrected chi connectivity index (χ0v) is 21.7. The second-order valence-corrected chi connectivity index (χ2v) is 10.00. The minimum Gasteiger partial charge on any atom is -0.496 e. The quantitative estimate of drug-likeness (QED) is 0.377. The van der Waals surface area contributed by atoms with Crippen LogP contribution < -0.4 is 10.1 Å². The van der Waals surface area contributed by atoms with Crippen LogP contribution in [0.25, 0.3) is 0 Å². The van der Waals surface area contributed by atoms with E-state index in [1.165, 1.54) is 6.92 Å². The van der Waals surface area contributed by atoms with Crippen molar-refractivity contribution in [1.29, 1.82) is 0 Å². The highest BCUT2D eigenvalue weighted by molar-refractivity contribution is 7.99. The number of ether oxygens (including phenoxy) is 3. The first-order valence-electron chi connectivity index (χ1n) is 12.1. The Balaban J connectivity index is 1.56. The summed E-state index contributed by atoms with van der Waals surface area (Å²) in [6.07, 6.45) is -0.763. The smallest absolute Gasteiger partial charge is 0.217 e. The Hall–Kier alpha value is -2.84. The van der Waals surface area contributed by atoms with Gasteiger partial charge in [0, 0.05) is 35.6 Å². The zero-order chi connectivity index (χ0) is 25.5. The third-order valence-electron chi connectivity index (χ3n) is 6.39. The van der Waals surface area contributed by atoms with Gasteiger partial charge in [0.2, 0.25) is 5.91 Å². The lowest BCUT2D eigenvalue weighted by atomic mass is 9.91. The molecule has 0 aliphatic carbocycles. The van der Waals surface area contributed by atoms with Crippen LogP contribution in [0.3, 0.4) is 0 Å². The van der Waals surface area contributed by atoms with Gasteiger partial charge in [0.15, 0.2) is 6.29 Å². The molecule has 0 spiro atoms. The van der Waals surface area contributed by atoms with E-state index in [0.717, 1.165) is 38.7 Å². The number of rotatable bonds is 9. The van der Waals surface area contributed by atoms with Crippen LogP contribution in [0.2, 0.25) is 0 Å². The molecule has 2 N–H and O–H groups in total. The third kappa shape index (κ3) is 6.48. The van der Waals surface area contributed by atoms with E-state index in [1.807, 2.05) is 66.7 Å². The maximum absolute atomic E-state index is 11.2. The van der Waals surface area contributed by atoms with Gasteiger partial charge >= 0.3 is 0 Å². The average Bonchev–Trinajstić information content (AvgIpc) is 2.92. The molecule has 3 aromatic rings. The van der Waals surface area contributed by atoms with E-state index in [4.69, 9.17) is 14.2 Å². The SMILES string of the molecule is COc1ccccc1SC[C@H]1O[C@@H](c2ccc(CNC(C)=O)cc2)O[C@@H](c2ccc(CO)cc2)[C@H]1C. The van der Waals surface area contributed by atoms with Crippen molar-refractivity contribution in [3.8, 4) is 5.75 Å². The molecule has 0 bridgehead atoms. The first kappa shape index (κ1) is 26.2. The Bertz CT molecular complexity index is 1140. The second kappa shape index (κ2) is 12.4. The van der Waals surface area contributed by atoms with Crippen molar-refractivity contribution < 1.29 is 24.1 Å². The molecule has 190 valence electrons. The van der Waals surface area contributed by atoms with E-state index in [9.17, 15) is 9.90 Å². The molecule has 36 heavy (non-hydrogen) atoms. The number of aliphatic hydroxyl groups is 1. The summed E-state index contributed by atoms with van der Waals surface area (Å²) >= 11 is 1.72. The second-order valence-electron chi connectivity index (χ2n) is 8.94. The summed E-state index contributed by atoms with van der Waals surface area (Å²) in [6.45, 7) is 4.16. The van der Waals surface area contributed by atoms with Crippen molar-refractivity contribution in [2.75, 3.05) is 12.9 Å². The molecule has 3 aromatic carbocycles. The van der Waals surface area contributed by atoms with Gasteiger partial charge in [0.1, 0.15) is 5.75 Å². The number of carbonyl (C=O) groups is 1. The van der Waals surface area contributed by atoms with Crippen LogP contribution >= 0.6 is 11.8 Å². The van der Waals surface area contributed by atoms with Crippen LogP contribution in [-0.2, 0) is 27.4 Å². The Morgan fingerprint density at radius 2 is 1.64 bits per heavy atom. The number of thioether (sulfide) groups is 1. The van der Waals surface area contributed by atoms with Crippen molar-refractivity contribution in [2.24, 2.45) is 5.92 Å². The molecule has 1 heterocycles. The summed E-state index contributed by atoms with van der Waals surface area (Å²) in [5.74, 6) is 1.64. The van der Waals surface area contributed by atoms with Gasteiger partial charge in [-0.15, -0.1) is 11.8 Å². The number of aliphatic hydroxyl groups excluding tert-OH is 1. The highest BCUT2D eigenvalue weighted by Crippen LogP contribution is 2.43. The summed E-state index contributed by atoms with van der Waals surface area (Å²) in [6, 6.07) is 23.9. The molecule has 4 rings (SSSR count). The van der Waals surface area contributed by atoms with Crippen molar-refractivity contribution in [1.82, 2.24) is 5.32 Å². The van der Waals surface area contributed by atoms with Gasteiger partial charge in [-0.05, 0) is 28.8 Å². The fourth-order valence-electron chi connectivity index (χ4n) is 4.24. The van der Waals surface area contributed by atoms with E-state index in [1.54, 1.807) is 18.9 Å². The van der Waals surface area contributed by atoms with E-state index in [2.05, 4.69) is 18.3 Å². The number of hydrogen-bond acceptors (Lipinski definition) is 6. The van der Waals surface area contributed by atoms with E-state index < -0.39 is 6.29 Å². The molecule has 7 heteroatoms. The van der Waals surface area contributed by atoms with Crippen LogP contribution in [0.4, 0.5) is 0 Å². The number of hydrogen-bond donors (Lipinski definition) is 2. The van der Waals surface area contributed by atoms with Crippen LogP contribution in [0.1, 0.15) is 48.5 Å². The van der Waals surface area contributed by atoms with Crippen LogP contribution in [-0.4, -0.2) is 30.0 Å². The third-order valence-corrected chi connectivity index (χ3v) is 7.53. The van der Waals surface area contributed by atoms with Gasteiger partial charge in [0.25, 0.3) is 0 Å². The fraction of sp³-hybridized carbons (Fsp3) is 0.345. The largest absolute Gasteiger partial charge is 0.496 e. The Morgan fingerprint density at radius 1 is 0.972 bits per heavy atom. The maximum atomic E-state index is 11.2. The van der Waals surface area contributed by atoms with Crippen LogP contribution in [0.15, 0.2) is 77.7 Å². The maximum Gasteiger partial charge on any atom is 0.217 e. The number of benzene rings is 3. The van der Waals surface area contributed by atoms with E-state index >= 15 is 0 Å². The number of nitrogens with one attached hydrogen (secondary N) is 1. The molecular weight excluding hydrogens is 474 g/mol. The standard InChI is InChI=1S/C29H33NO5S/c1-19-26(18-36-27-7-5-4-6-25(27)33-3)34-29(24-14-8-21(9-15-24)16-30-20(2)32)35-28(19)23-12-10-22(17-31)11-13-23/h4-15,19,26,28-29,31H,16-18H2,1-3H3,(H,30,32)/t19-,26+,28+,29+/m0/s1. The lowest BCUT2D eigenvalue weighted by molar-refractivity contribution is -0.268. The lowest BCUT2D eigenvalue weighted by Crippen LogP contribution is -2.38. The number of methoxy groups -OCH3 is 1. The highest BCUT2D eigenvalue weighted by Gasteiger charge is 2.38. The van der Waals surface area contributed by atoms with Crippen molar-refractivity contribution in [3.63, 3.8) is 0 Å². The van der Waals surface area contributed by atoms with Crippen LogP contribution in [0, 0.1) is 5.92 Å². The van der Waals surface area contributed by atoms with Crippen molar-refractivity contribution in [2.45, 2.75) is 50.4 Å². The van der Waals surface area contributed by atoms with E-state index in [0.29, 0.717) is 6.54 Å². The Morgan fingerprint density at radius 3 is 2.31 bits per heavy atom. The number of amides is 1. The molecule has 6 nitrogen and oxygen atoms in total. The zero-order valence-electron chi connectivity index (χ0n) is 20.8. The summed E-state index contributed by atoms with van der Waals surface area (Å²) in [5.41, 5.74) is 3.87. The lowest BCUT2D eigenvalue weighted by Gasteiger charge is -2.41. The first-order valence-corrected chi connectivity index (χ1v) is 13.1. The molecule has 1 aliphatic heterocycles. The molecule has 0 unspecified atom stereocenters. The number of para-hydroxylation sites is 1. The predicted molar refractivity (Wildman–Crippen MR) is 141 cm³/mol. The average molecular weight is 508 g/mol. The van der Waals surface area contributed by atoms with E-state index in [-0.39, 0.29) is 30.6 Å². The van der Waals surface area contributed by atoms with Crippen LogP contribution in [0.5, 0.6) is 5.75 Å². The Labute approximate surface area is 217 Å². The monoisotopic (exact) mass is 507 g/mol. The topological polar surface area (TPSA) is 77.0 Å². The van der Waals surface area contributed by atoms with Crippen molar-refractivity contribution in [3.05, 3.63) is 95.1 Å². The highest BCUT2D eigenvalue weighted by atomic mass is 32.2. The van der Waals surface area contributed by atoms with Gasteiger partial charge in [-0.2, -0.15) is 0 Å². The summed E-state index contributed by atoms with van der Waals surface area (Å²) in [7, 11) is 1.69. The molecule has 1 aliphatic rings. The molecule has 1 saturated heterocycles. The molecule has 1 fully saturated rings. The summed E-state index contributed by atoms with van der Waals surface area (Å²) in [4.78, 5) is 12.3. The molecule has 0 saturated carbocycles. The summed E-state index contributed by atoms with van der Waals surface area (Å²) in [5, 5.41) is 12.3. The van der Waals surface area contributed by atoms with Gasteiger partial charge in [-0.3, -0.25) is 4.79 Å². The molecular formula is C29H33NO5S. The van der Waals surface area contributed by atoms with Gasteiger partial charge in [0.05, 0.1) is 25.9 Å². The normalized spacial score (nSPS) is 21.7. The summed E-state index contributed by atoms with van der Waals surface area (Å²) < 4.78 is 18.6. The van der Waals surface area contributed by atoms with Gasteiger partial charge < -0.3 is 24.6 Å². The molecule has 0 aromatic heterocycles. The molecule has 4 atom stereocenters. The molecule has 1 amide bonds. The fourth-order valence-corrected chi connectivity index (χ4v) is 5.43. The predicted octanol–water partition coefficient (Wildman–Crippen LogP) is 5.41. The van der Waals surface area contributed by atoms with Gasteiger partial charge in [-0.25, -0.2) is 0 Å². The Kier molecular flexibility index (Phi) is 9.04. The van der Waals surface area contributed by atoms with Gasteiger partial charge in [-0.1, -0.05) is 67.6 Å². The molecule has 0 radical (unpaired) electrons. The van der Waals surface area contributed by atoms with Crippen molar-refractivity contribution >= 4 is 17.7 Å². The minimum atomic E-state index is -0.526.